The van der Waals surface area contributed by atoms with Gasteiger partial charge in [-0.05, 0) is 12.5 Å². The molecule has 1 aromatic heterocycles. The number of aromatic nitrogens is 2. The predicted octanol–water partition coefficient (Wildman–Crippen LogP) is 0.606. The van der Waals surface area contributed by atoms with Crippen molar-refractivity contribution in [1.29, 1.82) is 0 Å². The fourth-order valence-electron chi connectivity index (χ4n) is 1.76. The topological polar surface area (TPSA) is 84.2 Å². The van der Waals surface area contributed by atoms with E-state index in [0.29, 0.717) is 5.56 Å². The molecule has 2 rings (SSSR count). The minimum absolute atomic E-state index is 0.0730. The summed E-state index contributed by atoms with van der Waals surface area (Å²) in [7, 11) is -2.04. The molecule has 0 saturated heterocycles. The van der Waals surface area contributed by atoms with Gasteiger partial charge in [-0.15, -0.1) is 0 Å². The minimum Gasteiger partial charge on any atom is -0.384 e. The van der Waals surface area contributed by atoms with Crippen molar-refractivity contribution < 1.29 is 13.5 Å². The largest absolute Gasteiger partial charge is 0.384 e. The van der Waals surface area contributed by atoms with E-state index in [0.717, 1.165) is 0 Å². The van der Waals surface area contributed by atoms with Gasteiger partial charge in [0.05, 0.1) is 6.20 Å². The van der Waals surface area contributed by atoms with Crippen LogP contribution in [0.3, 0.4) is 0 Å². The number of hydrogen-bond donors (Lipinski definition) is 2. The molecule has 0 spiro atoms. The summed E-state index contributed by atoms with van der Waals surface area (Å²) >= 11 is 0. The number of nitrogens with zero attached hydrogens (tertiary/aromatic N) is 2. The Morgan fingerprint density at radius 1 is 1.35 bits per heavy atom. The molecule has 6 nitrogen and oxygen atoms in total. The SMILES string of the molecule is Cn1cc(S(=O)(=O)NCC(C)(O)c2ccccc2)cn1. The number of aliphatic hydroxyl groups is 1. The molecule has 1 heterocycles. The Morgan fingerprint density at radius 3 is 2.55 bits per heavy atom. The first kappa shape index (κ1) is 14.7. The summed E-state index contributed by atoms with van der Waals surface area (Å²) < 4.78 is 27.9. The van der Waals surface area contributed by atoms with Crippen LogP contribution in [0.15, 0.2) is 47.6 Å². The van der Waals surface area contributed by atoms with E-state index >= 15 is 0 Å². The maximum Gasteiger partial charge on any atom is 0.243 e. The molecule has 0 amide bonds. The zero-order chi connectivity index (χ0) is 14.8. The average Bonchev–Trinajstić information content (AvgIpc) is 2.85. The Kier molecular flexibility index (Phi) is 3.94. The van der Waals surface area contributed by atoms with Gasteiger partial charge < -0.3 is 5.11 Å². The number of nitrogens with one attached hydrogen (secondary N) is 1. The molecular weight excluding hydrogens is 278 g/mol. The van der Waals surface area contributed by atoms with Crippen LogP contribution < -0.4 is 4.72 Å². The summed E-state index contributed by atoms with van der Waals surface area (Å²) in [6.07, 6.45) is 2.67. The van der Waals surface area contributed by atoms with Crippen molar-refractivity contribution >= 4 is 10.0 Å². The first-order valence-corrected chi connectivity index (χ1v) is 7.56. The van der Waals surface area contributed by atoms with Crippen molar-refractivity contribution in [2.75, 3.05) is 6.54 Å². The van der Waals surface area contributed by atoms with Crippen LogP contribution in [-0.2, 0) is 22.7 Å². The van der Waals surface area contributed by atoms with Crippen LogP contribution in [0.25, 0.3) is 0 Å². The second-order valence-electron chi connectivity index (χ2n) is 4.81. The quantitative estimate of drug-likeness (QED) is 0.846. The van der Waals surface area contributed by atoms with Gasteiger partial charge in [0.25, 0.3) is 0 Å². The Hall–Kier alpha value is -1.70. The zero-order valence-corrected chi connectivity index (χ0v) is 12.1. The highest BCUT2D eigenvalue weighted by Gasteiger charge is 2.26. The van der Waals surface area contributed by atoms with Gasteiger partial charge in [0, 0.05) is 19.8 Å². The first-order valence-electron chi connectivity index (χ1n) is 6.07. The Bertz CT molecular complexity index is 678. The average molecular weight is 295 g/mol. The molecule has 1 unspecified atom stereocenters. The van der Waals surface area contributed by atoms with E-state index in [4.69, 9.17) is 0 Å². The van der Waals surface area contributed by atoms with Crippen molar-refractivity contribution in [3.05, 3.63) is 48.3 Å². The van der Waals surface area contributed by atoms with Crippen molar-refractivity contribution in [1.82, 2.24) is 14.5 Å². The molecule has 0 aliphatic heterocycles. The molecule has 0 radical (unpaired) electrons. The van der Waals surface area contributed by atoms with E-state index in [2.05, 4.69) is 9.82 Å². The van der Waals surface area contributed by atoms with E-state index in [9.17, 15) is 13.5 Å². The van der Waals surface area contributed by atoms with Gasteiger partial charge in [0.15, 0.2) is 0 Å². The van der Waals surface area contributed by atoms with Gasteiger partial charge in [-0.25, -0.2) is 13.1 Å². The summed E-state index contributed by atoms with van der Waals surface area (Å²) in [5.74, 6) is 0. The van der Waals surface area contributed by atoms with E-state index < -0.39 is 15.6 Å². The standard InChI is InChI=1S/C13H17N3O3S/c1-13(17,11-6-4-3-5-7-11)10-15-20(18,19)12-8-14-16(2)9-12/h3-9,15,17H,10H2,1-2H3. The summed E-state index contributed by atoms with van der Waals surface area (Å²) in [6.45, 7) is 1.45. The lowest BCUT2D eigenvalue weighted by Gasteiger charge is -2.23. The maximum absolute atomic E-state index is 12.0. The highest BCUT2D eigenvalue weighted by Crippen LogP contribution is 2.20. The fraction of sp³-hybridized carbons (Fsp3) is 0.308. The molecule has 2 N–H and O–H groups in total. The predicted molar refractivity (Wildman–Crippen MR) is 74.4 cm³/mol. The molecule has 0 saturated carbocycles. The molecule has 0 aliphatic carbocycles. The number of rotatable bonds is 5. The molecule has 2 aromatic rings. The number of benzene rings is 1. The lowest BCUT2D eigenvalue weighted by atomic mass is 9.97. The third-order valence-electron chi connectivity index (χ3n) is 2.99. The second-order valence-corrected chi connectivity index (χ2v) is 6.58. The molecule has 7 heteroatoms. The molecule has 0 aliphatic rings. The molecule has 1 atom stereocenters. The van der Waals surface area contributed by atoms with Crippen LogP contribution in [-0.4, -0.2) is 29.8 Å². The maximum atomic E-state index is 12.0. The van der Waals surface area contributed by atoms with E-state index in [1.807, 2.05) is 6.07 Å². The van der Waals surface area contributed by atoms with Crippen LogP contribution >= 0.6 is 0 Å². The van der Waals surface area contributed by atoms with Crippen LogP contribution in [0.4, 0.5) is 0 Å². The monoisotopic (exact) mass is 295 g/mol. The van der Waals surface area contributed by atoms with E-state index in [1.165, 1.54) is 17.1 Å². The smallest absolute Gasteiger partial charge is 0.243 e. The van der Waals surface area contributed by atoms with Crippen molar-refractivity contribution in [3.8, 4) is 0 Å². The van der Waals surface area contributed by atoms with Gasteiger partial charge in [-0.3, -0.25) is 4.68 Å². The van der Waals surface area contributed by atoms with E-state index in [1.54, 1.807) is 38.2 Å². The third kappa shape index (κ3) is 3.24. The molecular formula is C13H17N3O3S. The van der Waals surface area contributed by atoms with Gasteiger partial charge in [-0.2, -0.15) is 5.10 Å². The fourth-order valence-corrected chi connectivity index (χ4v) is 2.87. The number of aryl methyl sites for hydroxylation is 1. The molecule has 1 aromatic carbocycles. The van der Waals surface area contributed by atoms with E-state index in [-0.39, 0.29) is 11.4 Å². The second kappa shape index (κ2) is 5.35. The van der Waals surface area contributed by atoms with Crippen LogP contribution in [0, 0.1) is 0 Å². The normalized spacial score (nSPS) is 14.9. The molecule has 0 bridgehead atoms. The van der Waals surface area contributed by atoms with Gasteiger partial charge in [0.2, 0.25) is 10.0 Å². The highest BCUT2D eigenvalue weighted by atomic mass is 32.2. The van der Waals surface area contributed by atoms with Crippen LogP contribution in [0.1, 0.15) is 12.5 Å². The summed E-state index contributed by atoms with van der Waals surface area (Å²) in [6, 6.07) is 8.91. The summed E-state index contributed by atoms with van der Waals surface area (Å²) in [5.41, 5.74) is -0.634. The Morgan fingerprint density at radius 2 is 2.00 bits per heavy atom. The zero-order valence-electron chi connectivity index (χ0n) is 11.3. The third-order valence-corrected chi connectivity index (χ3v) is 4.35. The molecule has 20 heavy (non-hydrogen) atoms. The molecule has 108 valence electrons. The minimum atomic E-state index is -3.67. The van der Waals surface area contributed by atoms with Crippen molar-refractivity contribution in [2.24, 2.45) is 7.05 Å². The van der Waals surface area contributed by atoms with Crippen LogP contribution in [0.2, 0.25) is 0 Å². The highest BCUT2D eigenvalue weighted by molar-refractivity contribution is 7.89. The number of hydrogen-bond acceptors (Lipinski definition) is 4. The van der Waals surface area contributed by atoms with Gasteiger partial charge >= 0.3 is 0 Å². The lowest BCUT2D eigenvalue weighted by molar-refractivity contribution is 0.0627. The van der Waals surface area contributed by atoms with Gasteiger partial charge in [-0.1, -0.05) is 30.3 Å². The van der Waals surface area contributed by atoms with Crippen LogP contribution in [0.5, 0.6) is 0 Å². The first-order chi connectivity index (χ1) is 9.31. The van der Waals surface area contributed by atoms with Crippen molar-refractivity contribution in [2.45, 2.75) is 17.4 Å². The number of sulfonamides is 1. The Balaban J connectivity index is 2.12. The Labute approximate surface area is 118 Å². The summed E-state index contributed by atoms with van der Waals surface area (Å²) in [5, 5.41) is 14.2. The van der Waals surface area contributed by atoms with Gasteiger partial charge in [0.1, 0.15) is 10.5 Å². The molecule has 0 fully saturated rings. The summed E-state index contributed by atoms with van der Waals surface area (Å²) in [4.78, 5) is 0.0730. The van der Waals surface area contributed by atoms with Crippen molar-refractivity contribution in [3.63, 3.8) is 0 Å². The lowest BCUT2D eigenvalue weighted by Crippen LogP contribution is -2.38.